The maximum absolute atomic E-state index is 12.9. The average molecular weight is 436 g/mol. The van der Waals surface area contributed by atoms with E-state index in [1.165, 1.54) is 12.4 Å². The van der Waals surface area contributed by atoms with Crippen LogP contribution in [-0.4, -0.2) is 42.3 Å². The highest BCUT2D eigenvalue weighted by Gasteiger charge is 2.17. The molecule has 0 radical (unpaired) electrons. The van der Waals surface area contributed by atoms with Crippen molar-refractivity contribution in [3.05, 3.63) is 75.9 Å². The number of H-pyrrole nitrogens is 1. The summed E-state index contributed by atoms with van der Waals surface area (Å²) in [5.41, 5.74) is 5.27. The zero-order valence-corrected chi connectivity index (χ0v) is 17.6. The average Bonchev–Trinajstić information content (AvgIpc) is 3.23. The van der Waals surface area contributed by atoms with E-state index in [2.05, 4.69) is 30.9 Å². The van der Waals surface area contributed by atoms with Gasteiger partial charge in [-0.1, -0.05) is 13.0 Å². The molecule has 0 bridgehead atoms. The third kappa shape index (κ3) is 3.91. The van der Waals surface area contributed by atoms with Crippen molar-refractivity contribution in [2.24, 2.45) is 0 Å². The van der Waals surface area contributed by atoms with Crippen molar-refractivity contribution in [2.75, 3.05) is 13.1 Å². The van der Waals surface area contributed by atoms with Gasteiger partial charge in [0.1, 0.15) is 5.69 Å². The monoisotopic (exact) mass is 436 g/mol. The van der Waals surface area contributed by atoms with E-state index in [1.807, 2.05) is 25.3 Å². The molecule has 164 valence electrons. The molecule has 0 saturated carbocycles. The molecule has 1 N–H and O–H groups in total. The third-order valence-electron chi connectivity index (χ3n) is 5.82. The Morgan fingerprint density at radius 2 is 2.06 bits per heavy atom. The lowest BCUT2D eigenvalue weighted by molar-refractivity contribution is 0.147. The van der Waals surface area contributed by atoms with Crippen LogP contribution in [0, 0.1) is 0 Å². The van der Waals surface area contributed by atoms with Gasteiger partial charge in [0.2, 0.25) is 0 Å². The number of hydrogen-bond donors (Lipinski definition) is 1. The molecule has 1 aliphatic heterocycles. The van der Waals surface area contributed by atoms with Crippen molar-refractivity contribution in [2.45, 2.75) is 32.7 Å². The smallest absolute Gasteiger partial charge is 0.281 e. The summed E-state index contributed by atoms with van der Waals surface area (Å²) < 4.78 is 27.4. The van der Waals surface area contributed by atoms with E-state index in [0.29, 0.717) is 12.1 Å². The van der Waals surface area contributed by atoms with Gasteiger partial charge in [0.15, 0.2) is 5.65 Å². The highest BCUT2D eigenvalue weighted by atomic mass is 19.3. The number of nitrogens with one attached hydrogen (secondary N) is 1. The number of aromatic amines is 1. The molecule has 0 aromatic carbocycles. The first-order valence-electron chi connectivity index (χ1n) is 10.6. The van der Waals surface area contributed by atoms with Crippen LogP contribution in [0.25, 0.3) is 22.3 Å². The summed E-state index contributed by atoms with van der Waals surface area (Å²) in [6.45, 7) is 4.24. The second-order valence-electron chi connectivity index (χ2n) is 7.97. The summed E-state index contributed by atoms with van der Waals surface area (Å²) in [4.78, 5) is 30.1. The molecule has 7 nitrogen and oxygen atoms in total. The van der Waals surface area contributed by atoms with Gasteiger partial charge in [-0.05, 0) is 36.1 Å². The summed E-state index contributed by atoms with van der Waals surface area (Å²) in [7, 11) is 0. The van der Waals surface area contributed by atoms with E-state index >= 15 is 0 Å². The van der Waals surface area contributed by atoms with E-state index in [9.17, 15) is 13.6 Å². The second kappa shape index (κ2) is 8.23. The van der Waals surface area contributed by atoms with Gasteiger partial charge in [0.25, 0.3) is 12.0 Å². The van der Waals surface area contributed by atoms with E-state index in [0.717, 1.165) is 59.5 Å². The second-order valence-corrected chi connectivity index (χ2v) is 7.97. The predicted molar refractivity (Wildman–Crippen MR) is 118 cm³/mol. The SMILES string of the molecule is CCc1cc2ncc(CN3CC=C(c4cn5cc(C(F)F)nc5cn4)CC3)cc2[nH]c1=O. The molecule has 0 aliphatic carbocycles. The minimum atomic E-state index is -2.60. The number of aromatic nitrogens is 5. The number of halogens is 2. The zero-order chi connectivity index (χ0) is 22.2. The lowest BCUT2D eigenvalue weighted by Gasteiger charge is -2.26. The van der Waals surface area contributed by atoms with Crippen LogP contribution in [-0.2, 0) is 13.0 Å². The fraction of sp³-hybridized carbons (Fsp3) is 0.304. The zero-order valence-electron chi connectivity index (χ0n) is 17.6. The summed E-state index contributed by atoms with van der Waals surface area (Å²) in [6, 6.07) is 3.83. The molecule has 0 amide bonds. The first kappa shape index (κ1) is 20.4. The van der Waals surface area contributed by atoms with Crippen LogP contribution in [0.4, 0.5) is 8.78 Å². The van der Waals surface area contributed by atoms with Gasteiger partial charge < -0.3 is 9.38 Å². The molecule has 0 atom stereocenters. The largest absolute Gasteiger partial charge is 0.320 e. The lowest BCUT2D eigenvalue weighted by Crippen LogP contribution is -2.28. The maximum atomic E-state index is 12.9. The number of rotatable bonds is 5. The molecule has 0 unspecified atom stereocenters. The van der Waals surface area contributed by atoms with Crippen LogP contribution in [0.2, 0.25) is 0 Å². The maximum Gasteiger partial charge on any atom is 0.281 e. The minimum absolute atomic E-state index is 0.0625. The van der Waals surface area contributed by atoms with Crippen molar-refractivity contribution in [1.29, 1.82) is 0 Å². The number of fused-ring (bicyclic) bond motifs is 2. The Bertz CT molecular complexity index is 1390. The van der Waals surface area contributed by atoms with Gasteiger partial charge in [0.05, 0.1) is 22.9 Å². The Labute approximate surface area is 182 Å². The Kier molecular flexibility index (Phi) is 5.26. The van der Waals surface area contributed by atoms with Gasteiger partial charge in [-0.25, -0.2) is 13.8 Å². The summed E-state index contributed by atoms with van der Waals surface area (Å²) in [6.07, 6.45) is 7.48. The van der Waals surface area contributed by atoms with Crippen LogP contribution in [0.15, 0.2) is 47.8 Å². The molecule has 32 heavy (non-hydrogen) atoms. The van der Waals surface area contributed by atoms with Gasteiger partial charge in [-0.3, -0.25) is 19.7 Å². The van der Waals surface area contributed by atoms with Crippen LogP contribution >= 0.6 is 0 Å². The molecule has 5 heterocycles. The van der Waals surface area contributed by atoms with Crippen LogP contribution < -0.4 is 5.56 Å². The highest BCUT2D eigenvalue weighted by Crippen LogP contribution is 2.24. The van der Waals surface area contributed by atoms with Gasteiger partial charge in [0, 0.05) is 43.8 Å². The molecule has 9 heteroatoms. The van der Waals surface area contributed by atoms with Crippen LogP contribution in [0.1, 0.15) is 42.3 Å². The molecule has 1 aliphatic rings. The molecule has 0 fully saturated rings. The molecular formula is C23H22F2N6O. The van der Waals surface area contributed by atoms with Crippen LogP contribution in [0.5, 0.6) is 0 Å². The fourth-order valence-electron chi connectivity index (χ4n) is 4.05. The van der Waals surface area contributed by atoms with E-state index < -0.39 is 6.43 Å². The summed E-state index contributed by atoms with van der Waals surface area (Å²) in [5.74, 6) is 0. The van der Waals surface area contributed by atoms with E-state index in [4.69, 9.17) is 0 Å². The molecule has 4 aromatic heterocycles. The van der Waals surface area contributed by atoms with Gasteiger partial charge in [-0.15, -0.1) is 0 Å². The fourth-order valence-corrected chi connectivity index (χ4v) is 4.05. The lowest BCUT2D eigenvalue weighted by atomic mass is 10.0. The number of hydrogen-bond acceptors (Lipinski definition) is 5. The van der Waals surface area contributed by atoms with Gasteiger partial charge >= 0.3 is 0 Å². The number of nitrogens with zero attached hydrogens (tertiary/aromatic N) is 5. The number of aryl methyl sites for hydroxylation is 1. The molecule has 0 saturated heterocycles. The highest BCUT2D eigenvalue weighted by molar-refractivity contribution is 5.74. The first-order valence-corrected chi connectivity index (χ1v) is 10.6. The Morgan fingerprint density at radius 1 is 1.19 bits per heavy atom. The van der Waals surface area contributed by atoms with E-state index in [1.54, 1.807) is 10.6 Å². The molecule has 4 aromatic rings. The number of imidazole rings is 1. The third-order valence-corrected chi connectivity index (χ3v) is 5.82. The Balaban J connectivity index is 1.31. The van der Waals surface area contributed by atoms with Crippen molar-refractivity contribution < 1.29 is 8.78 Å². The summed E-state index contributed by atoms with van der Waals surface area (Å²) in [5, 5.41) is 0. The first-order chi connectivity index (χ1) is 15.5. The molecular weight excluding hydrogens is 414 g/mol. The van der Waals surface area contributed by atoms with Crippen LogP contribution in [0.3, 0.4) is 0 Å². The van der Waals surface area contributed by atoms with E-state index in [-0.39, 0.29) is 11.3 Å². The molecule has 5 rings (SSSR count). The standard InChI is InChI=1S/C23H22F2N6O/c1-2-15-8-17-18(29-23(15)32)7-14(9-26-17)11-30-5-3-16(4-6-30)19-12-31-13-20(22(24)25)28-21(31)10-27-19/h3,7-10,12-13,22H,2,4-6,11H2,1H3,(H,29,32). The predicted octanol–water partition coefficient (Wildman–Crippen LogP) is 3.76. The van der Waals surface area contributed by atoms with Crippen molar-refractivity contribution in [3.63, 3.8) is 0 Å². The Hall–Kier alpha value is -3.46. The van der Waals surface area contributed by atoms with Crippen molar-refractivity contribution >= 4 is 22.3 Å². The van der Waals surface area contributed by atoms with Crippen molar-refractivity contribution in [3.8, 4) is 0 Å². The topological polar surface area (TPSA) is 79.2 Å². The summed E-state index contributed by atoms with van der Waals surface area (Å²) >= 11 is 0. The quantitative estimate of drug-likeness (QED) is 0.515. The normalized spacial score (nSPS) is 15.1. The number of alkyl halides is 2. The Morgan fingerprint density at radius 3 is 2.81 bits per heavy atom. The number of pyridine rings is 2. The van der Waals surface area contributed by atoms with Gasteiger partial charge in [-0.2, -0.15) is 0 Å². The minimum Gasteiger partial charge on any atom is -0.320 e. The molecule has 0 spiro atoms. The van der Waals surface area contributed by atoms with Crippen molar-refractivity contribution in [1.82, 2.24) is 29.2 Å².